The standard InChI is InChI=1S/C13H17BrN2O/c1-3-13(2,6-7-17)16-12-5-4-10(9-15)8-11(12)14/h4-5,8,16-17H,3,6-7H2,1-2H3. The van der Waals surface area contributed by atoms with Gasteiger partial charge in [0.2, 0.25) is 0 Å². The van der Waals surface area contributed by atoms with E-state index in [0.29, 0.717) is 12.0 Å². The molecule has 17 heavy (non-hydrogen) atoms. The Labute approximate surface area is 111 Å². The number of anilines is 1. The van der Waals surface area contributed by atoms with Gasteiger partial charge in [-0.3, -0.25) is 0 Å². The molecule has 0 aromatic heterocycles. The lowest BCUT2D eigenvalue weighted by Crippen LogP contribution is -2.35. The summed E-state index contributed by atoms with van der Waals surface area (Å²) in [5, 5.41) is 21.3. The van der Waals surface area contributed by atoms with E-state index < -0.39 is 0 Å². The maximum atomic E-state index is 9.07. The van der Waals surface area contributed by atoms with Gasteiger partial charge in [-0.25, -0.2) is 0 Å². The molecular formula is C13H17BrN2O. The number of nitrogens with zero attached hydrogens (tertiary/aromatic N) is 1. The summed E-state index contributed by atoms with van der Waals surface area (Å²) >= 11 is 3.44. The molecule has 92 valence electrons. The quantitative estimate of drug-likeness (QED) is 0.877. The van der Waals surface area contributed by atoms with Gasteiger partial charge in [0.05, 0.1) is 11.6 Å². The van der Waals surface area contributed by atoms with Gasteiger partial charge in [0, 0.05) is 22.3 Å². The number of aliphatic hydroxyl groups excluding tert-OH is 1. The molecule has 2 N–H and O–H groups in total. The van der Waals surface area contributed by atoms with Gasteiger partial charge in [0.25, 0.3) is 0 Å². The first-order valence-electron chi connectivity index (χ1n) is 5.63. The zero-order valence-electron chi connectivity index (χ0n) is 10.1. The van der Waals surface area contributed by atoms with Crippen LogP contribution in [0.3, 0.4) is 0 Å². The van der Waals surface area contributed by atoms with Gasteiger partial charge in [-0.2, -0.15) is 5.26 Å². The van der Waals surface area contributed by atoms with E-state index in [1.807, 2.05) is 6.07 Å². The summed E-state index contributed by atoms with van der Waals surface area (Å²) in [6, 6.07) is 7.55. The van der Waals surface area contributed by atoms with E-state index in [4.69, 9.17) is 10.4 Å². The van der Waals surface area contributed by atoms with Crippen LogP contribution in [0.25, 0.3) is 0 Å². The maximum absolute atomic E-state index is 9.07. The zero-order chi connectivity index (χ0) is 12.9. The Bertz CT molecular complexity index is 428. The highest BCUT2D eigenvalue weighted by atomic mass is 79.9. The third kappa shape index (κ3) is 3.72. The molecule has 1 unspecified atom stereocenters. The average Bonchev–Trinajstić information content (AvgIpc) is 2.32. The molecule has 1 aromatic rings. The molecule has 0 spiro atoms. The van der Waals surface area contributed by atoms with Crippen molar-refractivity contribution in [2.45, 2.75) is 32.2 Å². The molecule has 0 saturated carbocycles. The van der Waals surface area contributed by atoms with Crippen molar-refractivity contribution >= 4 is 21.6 Å². The van der Waals surface area contributed by atoms with Crippen LogP contribution in [0.2, 0.25) is 0 Å². The van der Waals surface area contributed by atoms with E-state index in [0.717, 1.165) is 16.6 Å². The minimum atomic E-state index is -0.134. The van der Waals surface area contributed by atoms with Crippen LogP contribution in [0.4, 0.5) is 5.69 Å². The Hall–Kier alpha value is -1.05. The van der Waals surface area contributed by atoms with Crippen molar-refractivity contribution in [3.05, 3.63) is 28.2 Å². The van der Waals surface area contributed by atoms with Crippen molar-refractivity contribution in [1.29, 1.82) is 5.26 Å². The minimum absolute atomic E-state index is 0.134. The molecule has 1 rings (SSSR count). The van der Waals surface area contributed by atoms with Crippen LogP contribution in [0, 0.1) is 11.3 Å². The summed E-state index contributed by atoms with van der Waals surface area (Å²) in [5.41, 5.74) is 1.44. The van der Waals surface area contributed by atoms with Gasteiger partial charge < -0.3 is 10.4 Å². The first kappa shape index (κ1) is 14.0. The van der Waals surface area contributed by atoms with Crippen LogP contribution in [0.1, 0.15) is 32.3 Å². The lowest BCUT2D eigenvalue weighted by Gasteiger charge is -2.30. The molecule has 0 saturated heterocycles. The van der Waals surface area contributed by atoms with Gasteiger partial charge in [-0.15, -0.1) is 0 Å². The number of hydrogen-bond acceptors (Lipinski definition) is 3. The molecule has 4 heteroatoms. The lowest BCUT2D eigenvalue weighted by atomic mass is 9.94. The normalized spacial score (nSPS) is 13.8. The summed E-state index contributed by atoms with van der Waals surface area (Å²) in [6.07, 6.45) is 1.61. The topological polar surface area (TPSA) is 56.0 Å². The number of nitrogens with one attached hydrogen (secondary N) is 1. The van der Waals surface area contributed by atoms with Crippen molar-refractivity contribution in [2.24, 2.45) is 0 Å². The molecule has 0 heterocycles. The molecule has 1 atom stereocenters. The van der Waals surface area contributed by atoms with Gasteiger partial charge in [0.15, 0.2) is 0 Å². The van der Waals surface area contributed by atoms with E-state index in [1.165, 1.54) is 0 Å². The number of aliphatic hydroxyl groups is 1. The predicted molar refractivity (Wildman–Crippen MR) is 72.9 cm³/mol. The van der Waals surface area contributed by atoms with E-state index in [9.17, 15) is 0 Å². The molecule has 0 amide bonds. The molecular weight excluding hydrogens is 280 g/mol. The monoisotopic (exact) mass is 296 g/mol. The predicted octanol–water partition coefficient (Wildman–Crippen LogP) is 3.28. The Balaban J connectivity index is 2.91. The van der Waals surface area contributed by atoms with Crippen molar-refractivity contribution in [3.8, 4) is 6.07 Å². The summed E-state index contributed by atoms with van der Waals surface area (Å²) in [5.74, 6) is 0. The van der Waals surface area contributed by atoms with Crippen LogP contribution in [0.5, 0.6) is 0 Å². The van der Waals surface area contributed by atoms with Gasteiger partial charge in [0.1, 0.15) is 0 Å². The van der Waals surface area contributed by atoms with Gasteiger partial charge in [-0.1, -0.05) is 6.92 Å². The van der Waals surface area contributed by atoms with E-state index in [-0.39, 0.29) is 12.1 Å². The molecule has 0 bridgehead atoms. The fourth-order valence-corrected chi connectivity index (χ4v) is 2.06. The van der Waals surface area contributed by atoms with E-state index in [1.54, 1.807) is 12.1 Å². The highest BCUT2D eigenvalue weighted by Gasteiger charge is 2.21. The summed E-state index contributed by atoms with van der Waals surface area (Å²) in [6.45, 7) is 4.32. The number of rotatable bonds is 5. The van der Waals surface area contributed by atoms with Crippen molar-refractivity contribution < 1.29 is 5.11 Å². The van der Waals surface area contributed by atoms with Gasteiger partial charge in [-0.05, 0) is 53.9 Å². The summed E-state index contributed by atoms with van der Waals surface area (Å²) in [7, 11) is 0. The fraction of sp³-hybridized carbons (Fsp3) is 0.462. The SMILES string of the molecule is CCC(C)(CCO)Nc1ccc(C#N)cc1Br. The number of hydrogen-bond donors (Lipinski definition) is 2. The van der Waals surface area contributed by atoms with Crippen LogP contribution in [-0.2, 0) is 0 Å². The lowest BCUT2D eigenvalue weighted by molar-refractivity contribution is 0.252. The van der Waals surface area contributed by atoms with Crippen LogP contribution in [-0.4, -0.2) is 17.3 Å². The molecule has 0 fully saturated rings. The first-order chi connectivity index (χ1) is 8.04. The third-order valence-electron chi connectivity index (χ3n) is 2.98. The zero-order valence-corrected chi connectivity index (χ0v) is 11.7. The van der Waals surface area contributed by atoms with Crippen LogP contribution in [0.15, 0.2) is 22.7 Å². The van der Waals surface area contributed by atoms with Crippen LogP contribution >= 0.6 is 15.9 Å². The molecule has 3 nitrogen and oxygen atoms in total. The largest absolute Gasteiger partial charge is 0.396 e. The highest BCUT2D eigenvalue weighted by molar-refractivity contribution is 9.10. The van der Waals surface area contributed by atoms with Crippen molar-refractivity contribution in [2.75, 3.05) is 11.9 Å². The maximum Gasteiger partial charge on any atom is 0.0992 e. The Morgan fingerprint density at radius 1 is 1.53 bits per heavy atom. The summed E-state index contributed by atoms with van der Waals surface area (Å²) in [4.78, 5) is 0. The van der Waals surface area contributed by atoms with Crippen molar-refractivity contribution in [3.63, 3.8) is 0 Å². The Morgan fingerprint density at radius 3 is 2.71 bits per heavy atom. The molecule has 0 radical (unpaired) electrons. The second-order valence-electron chi connectivity index (χ2n) is 4.32. The minimum Gasteiger partial charge on any atom is -0.396 e. The van der Waals surface area contributed by atoms with Gasteiger partial charge >= 0.3 is 0 Å². The second kappa shape index (κ2) is 6.04. The van der Waals surface area contributed by atoms with Crippen molar-refractivity contribution in [1.82, 2.24) is 0 Å². The number of benzene rings is 1. The highest BCUT2D eigenvalue weighted by Crippen LogP contribution is 2.28. The first-order valence-corrected chi connectivity index (χ1v) is 6.42. The van der Waals surface area contributed by atoms with Crippen LogP contribution < -0.4 is 5.32 Å². The van der Waals surface area contributed by atoms with E-state index >= 15 is 0 Å². The smallest absolute Gasteiger partial charge is 0.0992 e. The Kier molecular flexibility index (Phi) is 4.98. The number of halogens is 1. The molecule has 1 aromatic carbocycles. The third-order valence-corrected chi connectivity index (χ3v) is 3.63. The average molecular weight is 297 g/mol. The Morgan fingerprint density at radius 2 is 2.24 bits per heavy atom. The molecule has 0 aliphatic heterocycles. The second-order valence-corrected chi connectivity index (χ2v) is 5.17. The fourth-order valence-electron chi connectivity index (χ4n) is 1.59. The van der Waals surface area contributed by atoms with E-state index in [2.05, 4.69) is 41.2 Å². The molecule has 0 aliphatic carbocycles. The summed E-state index contributed by atoms with van der Waals surface area (Å²) < 4.78 is 0.870. The number of nitriles is 1. The molecule has 0 aliphatic rings.